The minimum absolute atomic E-state index is 0.0999. The van der Waals surface area contributed by atoms with E-state index in [1.165, 1.54) is 12.8 Å². The Hall–Kier alpha value is -1.69. The highest BCUT2D eigenvalue weighted by atomic mass is 16.4. The molecule has 0 radical (unpaired) electrons. The molecule has 0 heterocycles. The van der Waals surface area contributed by atoms with Gasteiger partial charge in [0.1, 0.15) is 12.1 Å². The fourth-order valence-corrected chi connectivity index (χ4v) is 3.21. The summed E-state index contributed by atoms with van der Waals surface area (Å²) in [4.78, 5) is 35.1. The zero-order valence-electron chi connectivity index (χ0n) is 19.2. The Morgan fingerprint density at radius 2 is 1.60 bits per heavy atom. The molecule has 0 spiro atoms. The van der Waals surface area contributed by atoms with Gasteiger partial charge < -0.3 is 15.5 Å². The Morgan fingerprint density at radius 1 is 0.933 bits per heavy atom. The third-order valence-electron chi connectivity index (χ3n) is 5.51. The molecule has 0 bridgehead atoms. The zero-order valence-corrected chi connectivity index (χ0v) is 19.2. The van der Waals surface area contributed by atoms with E-state index < -0.39 is 18.1 Å². The maximum absolute atomic E-state index is 11.9. The number of unbranched alkanes of at least 4 members (excludes halogenated alkanes) is 7. The lowest BCUT2D eigenvalue weighted by molar-refractivity contribution is -0.143. The third-order valence-corrected chi connectivity index (χ3v) is 5.51. The van der Waals surface area contributed by atoms with Gasteiger partial charge in [0.25, 0.3) is 0 Å². The van der Waals surface area contributed by atoms with Gasteiger partial charge >= 0.3 is 5.97 Å². The molecule has 0 saturated heterocycles. The van der Waals surface area contributed by atoms with E-state index in [2.05, 4.69) is 12.2 Å². The van der Waals surface area contributed by atoms with Crippen molar-refractivity contribution in [1.82, 2.24) is 5.32 Å². The summed E-state index contributed by atoms with van der Waals surface area (Å²) in [5.74, 6) is -1.42. The highest BCUT2D eigenvalue weighted by molar-refractivity contribution is 5.84. The van der Waals surface area contributed by atoms with Crippen LogP contribution in [-0.4, -0.2) is 40.0 Å². The number of carbonyl (C=O) groups is 3. The summed E-state index contributed by atoms with van der Waals surface area (Å²) in [5.41, 5.74) is 0. The van der Waals surface area contributed by atoms with Crippen LogP contribution in [0.15, 0.2) is 12.2 Å². The lowest BCUT2D eigenvalue weighted by Gasteiger charge is -2.20. The molecule has 0 saturated carbocycles. The molecule has 3 N–H and O–H groups in total. The smallest absolute Gasteiger partial charge is 0.326 e. The normalized spacial score (nSPS) is 14.4. The first-order valence-corrected chi connectivity index (χ1v) is 11.7. The lowest BCUT2D eigenvalue weighted by Crippen LogP contribution is -2.44. The summed E-state index contributed by atoms with van der Waals surface area (Å²) in [6, 6.07) is -0.826. The van der Waals surface area contributed by atoms with Crippen molar-refractivity contribution in [3.05, 3.63) is 12.2 Å². The van der Waals surface area contributed by atoms with E-state index in [9.17, 15) is 24.6 Å². The van der Waals surface area contributed by atoms with Gasteiger partial charge in [-0.05, 0) is 31.6 Å². The second-order valence-electron chi connectivity index (χ2n) is 8.23. The van der Waals surface area contributed by atoms with Crippen LogP contribution in [0.25, 0.3) is 0 Å². The van der Waals surface area contributed by atoms with Crippen LogP contribution in [0.2, 0.25) is 0 Å². The lowest BCUT2D eigenvalue weighted by atomic mass is 9.99. The maximum atomic E-state index is 11.9. The highest BCUT2D eigenvalue weighted by Gasteiger charge is 2.24. The van der Waals surface area contributed by atoms with E-state index in [1.54, 1.807) is 0 Å². The number of carboxylic acid groups (broad SMARTS) is 1. The number of aliphatic carboxylic acids is 1. The van der Waals surface area contributed by atoms with Crippen LogP contribution in [-0.2, 0) is 14.4 Å². The summed E-state index contributed by atoms with van der Waals surface area (Å²) in [6.45, 7) is 5.89. The van der Waals surface area contributed by atoms with Crippen molar-refractivity contribution in [3.8, 4) is 0 Å². The summed E-state index contributed by atoms with van der Waals surface area (Å²) in [6.07, 6.45) is 13.5. The molecule has 0 aliphatic carbocycles. The highest BCUT2D eigenvalue weighted by Crippen LogP contribution is 2.12. The molecule has 0 aliphatic rings. The first kappa shape index (κ1) is 28.3. The Labute approximate surface area is 182 Å². The van der Waals surface area contributed by atoms with E-state index in [1.807, 2.05) is 26.0 Å². The van der Waals surface area contributed by atoms with Gasteiger partial charge in [0.2, 0.25) is 5.91 Å². The predicted molar refractivity (Wildman–Crippen MR) is 120 cm³/mol. The molecule has 0 aromatic rings. The quantitative estimate of drug-likeness (QED) is 0.204. The Balaban J connectivity index is 3.80. The molecule has 0 aromatic heterocycles. The fraction of sp³-hybridized carbons (Fsp3) is 0.792. The van der Waals surface area contributed by atoms with Crippen molar-refractivity contribution in [2.45, 2.75) is 116 Å². The van der Waals surface area contributed by atoms with Gasteiger partial charge in [-0.25, -0.2) is 4.79 Å². The van der Waals surface area contributed by atoms with E-state index in [0.29, 0.717) is 32.1 Å². The second-order valence-corrected chi connectivity index (χ2v) is 8.23. The van der Waals surface area contributed by atoms with Crippen molar-refractivity contribution in [3.63, 3.8) is 0 Å². The van der Waals surface area contributed by atoms with Gasteiger partial charge in [-0.3, -0.25) is 9.59 Å². The number of allylic oxidation sites excluding steroid dienone is 2. The number of Topliss-reactive ketones (excluding diaryl/α,β-unsaturated/α-hetero) is 1. The number of carboxylic acids is 1. The first-order chi connectivity index (χ1) is 14.3. The molecule has 1 unspecified atom stereocenters. The number of hydrogen-bond donors (Lipinski definition) is 3. The van der Waals surface area contributed by atoms with Crippen LogP contribution in [0.5, 0.6) is 0 Å². The van der Waals surface area contributed by atoms with Crippen LogP contribution in [0, 0.1) is 5.92 Å². The maximum Gasteiger partial charge on any atom is 0.326 e. The largest absolute Gasteiger partial charge is 0.480 e. The Morgan fingerprint density at radius 3 is 2.23 bits per heavy atom. The molecule has 0 rings (SSSR count). The first-order valence-electron chi connectivity index (χ1n) is 11.7. The van der Waals surface area contributed by atoms with Crippen LogP contribution in [0.3, 0.4) is 0 Å². The number of nitrogens with one attached hydrogen (secondary N) is 1. The molecule has 0 aliphatic heterocycles. The number of amides is 1. The molecule has 3 atom stereocenters. The van der Waals surface area contributed by atoms with Crippen molar-refractivity contribution in [2.75, 3.05) is 0 Å². The van der Waals surface area contributed by atoms with Crippen molar-refractivity contribution in [1.29, 1.82) is 0 Å². The summed E-state index contributed by atoms with van der Waals surface area (Å²) >= 11 is 0. The van der Waals surface area contributed by atoms with Gasteiger partial charge in [-0.15, -0.1) is 0 Å². The Bertz CT molecular complexity index is 518. The van der Waals surface area contributed by atoms with E-state index in [-0.39, 0.29) is 17.6 Å². The second kappa shape index (κ2) is 18.1. The standard InChI is InChI=1S/C24H43NO5/c1-4-6-7-8-10-13-16-20(26)21(27)17-14-11-9-12-15-18-22(28)25-23(24(29)30)19(3)5-2/h10,13,19,21,23,27H,4-9,11-12,14-18H2,1-3H3,(H,25,28)(H,29,30)/b13-10-/t19-,21?,23-/m0/s1. The monoisotopic (exact) mass is 425 g/mol. The zero-order chi connectivity index (χ0) is 22.8. The van der Waals surface area contributed by atoms with Crippen molar-refractivity contribution >= 4 is 17.7 Å². The van der Waals surface area contributed by atoms with Gasteiger partial charge in [-0.2, -0.15) is 0 Å². The van der Waals surface area contributed by atoms with Crippen LogP contribution in [0.1, 0.15) is 104 Å². The molecular formula is C24H43NO5. The van der Waals surface area contributed by atoms with E-state index in [0.717, 1.165) is 38.5 Å². The molecule has 6 nitrogen and oxygen atoms in total. The van der Waals surface area contributed by atoms with Crippen LogP contribution in [0.4, 0.5) is 0 Å². The molecule has 30 heavy (non-hydrogen) atoms. The average Bonchev–Trinajstić information content (AvgIpc) is 2.72. The van der Waals surface area contributed by atoms with Gasteiger partial charge in [0.15, 0.2) is 5.78 Å². The third kappa shape index (κ3) is 14.3. The van der Waals surface area contributed by atoms with Gasteiger partial charge in [0.05, 0.1) is 0 Å². The van der Waals surface area contributed by atoms with Crippen molar-refractivity contribution < 1.29 is 24.6 Å². The summed E-state index contributed by atoms with van der Waals surface area (Å²) < 4.78 is 0. The van der Waals surface area contributed by atoms with E-state index in [4.69, 9.17) is 0 Å². The van der Waals surface area contributed by atoms with Gasteiger partial charge in [0, 0.05) is 12.8 Å². The molecule has 0 aromatic carbocycles. The van der Waals surface area contributed by atoms with Crippen LogP contribution >= 0.6 is 0 Å². The number of carbonyl (C=O) groups excluding carboxylic acids is 2. The minimum atomic E-state index is -0.988. The number of rotatable bonds is 19. The molecule has 0 fully saturated rings. The molecule has 1 amide bonds. The van der Waals surface area contributed by atoms with Crippen LogP contribution < -0.4 is 5.32 Å². The Kier molecular flexibility index (Phi) is 17.1. The molecular weight excluding hydrogens is 382 g/mol. The SMILES string of the molecule is CCCCC/C=C\CC(=O)C(O)CCCCCCCC(=O)N[C@H](C(=O)O)[C@@H](C)CC. The topological polar surface area (TPSA) is 104 Å². The molecule has 6 heteroatoms. The number of aliphatic hydroxyl groups is 1. The molecule has 174 valence electrons. The number of hydrogen-bond acceptors (Lipinski definition) is 4. The summed E-state index contributed by atoms with van der Waals surface area (Å²) in [5, 5.41) is 21.8. The fourth-order valence-electron chi connectivity index (χ4n) is 3.21. The van der Waals surface area contributed by atoms with Gasteiger partial charge in [-0.1, -0.05) is 77.9 Å². The number of ketones is 1. The van der Waals surface area contributed by atoms with E-state index >= 15 is 0 Å². The van der Waals surface area contributed by atoms with Crippen molar-refractivity contribution in [2.24, 2.45) is 5.92 Å². The number of aliphatic hydroxyl groups excluding tert-OH is 1. The summed E-state index contributed by atoms with van der Waals surface area (Å²) in [7, 11) is 0. The minimum Gasteiger partial charge on any atom is -0.480 e. The predicted octanol–water partition coefficient (Wildman–Crippen LogP) is 4.79. The average molecular weight is 426 g/mol.